The van der Waals surface area contributed by atoms with Gasteiger partial charge in [0.05, 0.1) is 26.0 Å². The molecule has 7 nitrogen and oxygen atoms in total. The number of allylic oxidation sites excluding steroid dienone is 1. The highest BCUT2D eigenvalue weighted by Gasteiger charge is 2.54. The fraction of sp³-hybridized carbons (Fsp3) is 0.500. The molecule has 1 N–H and O–H groups in total. The molecule has 2 amide bonds. The SMILES string of the molecule is C#CCNC(=O)C[C@@H]1C[C@@]2(C(=O)OCC)CCCC=C2N(Cc2ccco2)C1=O. The van der Waals surface area contributed by atoms with Gasteiger partial charge in [-0.1, -0.05) is 12.0 Å². The molecule has 0 aromatic carbocycles. The number of hydrogen-bond donors (Lipinski definition) is 1. The van der Waals surface area contributed by atoms with Crippen molar-refractivity contribution in [3.8, 4) is 12.3 Å². The summed E-state index contributed by atoms with van der Waals surface area (Å²) >= 11 is 0. The molecule has 1 aromatic rings. The van der Waals surface area contributed by atoms with Gasteiger partial charge < -0.3 is 19.4 Å². The number of furan rings is 1. The largest absolute Gasteiger partial charge is 0.467 e. The maximum atomic E-state index is 13.3. The van der Waals surface area contributed by atoms with E-state index in [0.717, 1.165) is 12.8 Å². The Kier molecular flexibility index (Phi) is 6.42. The predicted octanol–water partition coefficient (Wildman–Crippen LogP) is 2.38. The Morgan fingerprint density at radius 1 is 1.48 bits per heavy atom. The molecule has 1 aromatic heterocycles. The van der Waals surface area contributed by atoms with Crippen LogP contribution in [0, 0.1) is 23.7 Å². The van der Waals surface area contributed by atoms with E-state index in [2.05, 4.69) is 11.2 Å². The summed E-state index contributed by atoms with van der Waals surface area (Å²) in [6, 6.07) is 3.54. The van der Waals surface area contributed by atoms with Crippen molar-refractivity contribution in [1.29, 1.82) is 0 Å². The Balaban J connectivity index is 1.95. The number of fused-ring (bicyclic) bond motifs is 1. The molecule has 0 unspecified atom stereocenters. The zero-order valence-corrected chi connectivity index (χ0v) is 16.6. The molecule has 2 heterocycles. The second-order valence-electron chi connectivity index (χ2n) is 7.37. The molecule has 2 atom stereocenters. The van der Waals surface area contributed by atoms with Gasteiger partial charge in [-0.15, -0.1) is 6.42 Å². The highest BCUT2D eigenvalue weighted by molar-refractivity contribution is 5.92. The van der Waals surface area contributed by atoms with E-state index < -0.39 is 11.3 Å². The van der Waals surface area contributed by atoms with E-state index in [4.69, 9.17) is 15.6 Å². The highest BCUT2D eigenvalue weighted by atomic mass is 16.5. The lowest BCUT2D eigenvalue weighted by molar-refractivity contribution is -0.162. The van der Waals surface area contributed by atoms with Crippen LogP contribution in [-0.2, 0) is 25.7 Å². The van der Waals surface area contributed by atoms with Crippen LogP contribution in [0.1, 0.15) is 44.8 Å². The molecule has 154 valence electrons. The quantitative estimate of drug-likeness (QED) is 0.563. The molecule has 1 saturated heterocycles. The van der Waals surface area contributed by atoms with Crippen molar-refractivity contribution in [1.82, 2.24) is 10.2 Å². The van der Waals surface area contributed by atoms with E-state index in [9.17, 15) is 14.4 Å². The van der Waals surface area contributed by atoms with Crippen LogP contribution >= 0.6 is 0 Å². The topological polar surface area (TPSA) is 88.8 Å². The summed E-state index contributed by atoms with van der Waals surface area (Å²) in [5, 5.41) is 2.60. The lowest BCUT2D eigenvalue weighted by atomic mass is 9.66. The van der Waals surface area contributed by atoms with Crippen molar-refractivity contribution in [2.24, 2.45) is 11.3 Å². The summed E-state index contributed by atoms with van der Waals surface area (Å²) in [7, 11) is 0. The zero-order valence-electron chi connectivity index (χ0n) is 16.6. The molecule has 29 heavy (non-hydrogen) atoms. The molecule has 0 saturated carbocycles. The highest BCUT2D eigenvalue weighted by Crippen LogP contribution is 2.50. The van der Waals surface area contributed by atoms with Crippen molar-refractivity contribution in [2.75, 3.05) is 13.2 Å². The van der Waals surface area contributed by atoms with Crippen molar-refractivity contribution < 1.29 is 23.5 Å². The number of terminal acetylenes is 1. The molecular formula is C22H26N2O5. The fourth-order valence-corrected chi connectivity index (χ4v) is 4.27. The molecule has 1 aliphatic heterocycles. The van der Waals surface area contributed by atoms with Gasteiger partial charge in [-0.2, -0.15) is 0 Å². The summed E-state index contributed by atoms with van der Waals surface area (Å²) in [5.41, 5.74) is -0.255. The fourth-order valence-electron chi connectivity index (χ4n) is 4.27. The minimum atomic E-state index is -0.925. The number of rotatable bonds is 7. The Bertz CT molecular complexity index is 836. The second kappa shape index (κ2) is 8.99. The third-order valence-corrected chi connectivity index (χ3v) is 5.52. The minimum Gasteiger partial charge on any atom is -0.467 e. The van der Waals surface area contributed by atoms with Gasteiger partial charge in [0.25, 0.3) is 0 Å². The first-order valence-electron chi connectivity index (χ1n) is 9.93. The first kappa shape index (κ1) is 20.7. The number of amides is 2. The van der Waals surface area contributed by atoms with Crippen molar-refractivity contribution in [3.63, 3.8) is 0 Å². The number of ether oxygens (including phenoxy) is 1. The van der Waals surface area contributed by atoms with Gasteiger partial charge in [-0.05, 0) is 44.7 Å². The van der Waals surface area contributed by atoms with Crippen LogP contribution in [0.5, 0.6) is 0 Å². The van der Waals surface area contributed by atoms with Gasteiger partial charge in [0.1, 0.15) is 11.2 Å². The van der Waals surface area contributed by atoms with Crippen LogP contribution in [0.2, 0.25) is 0 Å². The van der Waals surface area contributed by atoms with Gasteiger partial charge >= 0.3 is 5.97 Å². The Morgan fingerprint density at radius 2 is 2.31 bits per heavy atom. The summed E-state index contributed by atoms with van der Waals surface area (Å²) in [5.74, 6) is 1.49. The first-order valence-corrected chi connectivity index (χ1v) is 9.93. The Hall–Kier alpha value is -3.01. The van der Waals surface area contributed by atoms with Crippen LogP contribution in [-0.4, -0.2) is 35.8 Å². The number of carbonyl (C=O) groups is 3. The van der Waals surface area contributed by atoms with E-state index in [1.54, 1.807) is 30.2 Å². The van der Waals surface area contributed by atoms with Crippen molar-refractivity contribution in [2.45, 2.75) is 45.6 Å². The standard InChI is InChI=1S/C22H26N2O5/c1-3-11-23-19(25)13-16-14-22(21(27)28-4-2)10-6-5-9-18(22)24(20(16)26)15-17-8-7-12-29-17/h1,7-9,12,16H,4-6,10-11,13-15H2,2H3,(H,23,25)/t16-,22+/m1/s1. The van der Waals surface area contributed by atoms with Gasteiger partial charge in [0, 0.05) is 18.0 Å². The Morgan fingerprint density at radius 3 is 3.00 bits per heavy atom. The van der Waals surface area contributed by atoms with Crippen LogP contribution in [0.25, 0.3) is 0 Å². The number of carbonyl (C=O) groups excluding carboxylic acids is 3. The molecule has 7 heteroatoms. The van der Waals surface area contributed by atoms with E-state index in [1.807, 2.05) is 6.08 Å². The summed E-state index contributed by atoms with van der Waals surface area (Å²) in [6.45, 7) is 2.33. The molecule has 2 aliphatic rings. The van der Waals surface area contributed by atoms with E-state index in [0.29, 0.717) is 17.9 Å². The van der Waals surface area contributed by atoms with Gasteiger partial charge in [0.15, 0.2) is 0 Å². The van der Waals surface area contributed by atoms with Gasteiger partial charge in [0.2, 0.25) is 11.8 Å². The summed E-state index contributed by atoms with van der Waals surface area (Å²) in [6.07, 6.45) is 11.1. The minimum absolute atomic E-state index is 0.0242. The molecule has 3 rings (SSSR count). The van der Waals surface area contributed by atoms with Crippen LogP contribution < -0.4 is 5.32 Å². The maximum Gasteiger partial charge on any atom is 0.318 e. The van der Waals surface area contributed by atoms with Crippen LogP contribution in [0.3, 0.4) is 0 Å². The predicted molar refractivity (Wildman–Crippen MR) is 105 cm³/mol. The molecule has 1 aliphatic carbocycles. The Labute approximate surface area is 170 Å². The smallest absolute Gasteiger partial charge is 0.318 e. The number of hydrogen-bond acceptors (Lipinski definition) is 5. The zero-order chi connectivity index (χ0) is 20.9. The van der Waals surface area contributed by atoms with Gasteiger partial charge in [-0.25, -0.2) is 0 Å². The number of likely N-dealkylation sites (tertiary alicyclic amines) is 1. The number of nitrogens with zero attached hydrogens (tertiary/aromatic N) is 1. The average Bonchev–Trinajstić information content (AvgIpc) is 3.23. The maximum absolute atomic E-state index is 13.3. The lowest BCUT2D eigenvalue weighted by Gasteiger charge is -2.47. The number of nitrogens with one attached hydrogen (secondary N) is 1. The third kappa shape index (κ3) is 4.21. The second-order valence-corrected chi connectivity index (χ2v) is 7.37. The lowest BCUT2D eigenvalue weighted by Crippen LogP contribution is -2.54. The summed E-state index contributed by atoms with van der Waals surface area (Å²) in [4.78, 5) is 40.2. The van der Waals surface area contributed by atoms with Crippen molar-refractivity contribution >= 4 is 17.8 Å². The van der Waals surface area contributed by atoms with Gasteiger partial charge in [-0.3, -0.25) is 14.4 Å². The molecule has 0 radical (unpaired) electrons. The third-order valence-electron chi connectivity index (χ3n) is 5.52. The summed E-state index contributed by atoms with van der Waals surface area (Å²) < 4.78 is 10.8. The van der Waals surface area contributed by atoms with E-state index in [1.165, 1.54) is 0 Å². The molecule has 0 bridgehead atoms. The number of esters is 1. The molecular weight excluding hydrogens is 372 g/mol. The monoisotopic (exact) mass is 398 g/mol. The molecule has 1 fully saturated rings. The van der Waals surface area contributed by atoms with E-state index >= 15 is 0 Å². The average molecular weight is 398 g/mol. The van der Waals surface area contributed by atoms with Crippen LogP contribution in [0.4, 0.5) is 0 Å². The first-order chi connectivity index (χ1) is 14.0. The van der Waals surface area contributed by atoms with Crippen molar-refractivity contribution in [3.05, 3.63) is 35.9 Å². The van der Waals surface area contributed by atoms with E-state index in [-0.39, 0.29) is 50.3 Å². The molecule has 0 spiro atoms. The normalized spacial score (nSPS) is 23.6. The van der Waals surface area contributed by atoms with Crippen LogP contribution in [0.15, 0.2) is 34.6 Å². The number of piperidine rings is 1.